The number of carbonyl (C=O) groups is 1. The van der Waals surface area contributed by atoms with E-state index < -0.39 is 15.8 Å². The van der Waals surface area contributed by atoms with E-state index in [4.69, 9.17) is 20.8 Å². The third-order valence-electron chi connectivity index (χ3n) is 5.34. The van der Waals surface area contributed by atoms with Crippen LogP contribution in [0.2, 0.25) is 5.02 Å². The number of piperazine rings is 1. The van der Waals surface area contributed by atoms with Crippen LogP contribution in [0.3, 0.4) is 0 Å². The molecule has 0 spiro atoms. The van der Waals surface area contributed by atoms with E-state index in [2.05, 4.69) is 0 Å². The lowest BCUT2D eigenvalue weighted by atomic mass is 10.1. The van der Waals surface area contributed by atoms with Crippen LogP contribution in [0.4, 0.5) is 4.39 Å². The Labute approximate surface area is 184 Å². The molecule has 0 N–H and O–H groups in total. The van der Waals surface area contributed by atoms with Gasteiger partial charge in [0.1, 0.15) is 22.9 Å². The van der Waals surface area contributed by atoms with E-state index in [1.165, 1.54) is 10.4 Å². The number of hydrogen-bond donors (Lipinski definition) is 0. The fourth-order valence-corrected chi connectivity index (χ4v) is 5.36. The van der Waals surface area contributed by atoms with E-state index in [0.29, 0.717) is 28.0 Å². The van der Waals surface area contributed by atoms with Crippen LogP contribution in [0.25, 0.3) is 11.0 Å². The number of nitrogens with zero attached hydrogens (tertiary/aromatic N) is 2. The number of halogens is 2. The van der Waals surface area contributed by atoms with Gasteiger partial charge in [0, 0.05) is 31.6 Å². The molecule has 164 valence electrons. The Hall–Kier alpha value is -2.62. The fourth-order valence-electron chi connectivity index (χ4n) is 3.67. The van der Waals surface area contributed by atoms with Crippen LogP contribution in [0.5, 0.6) is 5.75 Å². The van der Waals surface area contributed by atoms with Gasteiger partial charge in [-0.15, -0.1) is 0 Å². The highest BCUT2D eigenvalue weighted by molar-refractivity contribution is 7.89. The molecule has 1 aliphatic rings. The molecule has 0 unspecified atom stereocenters. The van der Waals surface area contributed by atoms with Crippen molar-refractivity contribution in [1.82, 2.24) is 9.21 Å². The predicted octanol–water partition coefficient (Wildman–Crippen LogP) is 3.69. The molecule has 31 heavy (non-hydrogen) atoms. The number of hydrogen-bond acceptors (Lipinski definition) is 5. The largest absolute Gasteiger partial charge is 0.497 e. The zero-order valence-corrected chi connectivity index (χ0v) is 18.5. The summed E-state index contributed by atoms with van der Waals surface area (Å²) in [5, 5.41) is 0.394. The second-order valence-electron chi connectivity index (χ2n) is 7.17. The predicted molar refractivity (Wildman–Crippen MR) is 114 cm³/mol. The zero-order chi connectivity index (χ0) is 22.3. The minimum Gasteiger partial charge on any atom is -0.497 e. The number of aryl methyl sites for hydroxylation is 1. The Balaban J connectivity index is 1.54. The quantitative estimate of drug-likeness (QED) is 0.586. The third kappa shape index (κ3) is 3.88. The molecule has 7 nitrogen and oxygen atoms in total. The molecule has 0 bridgehead atoms. The normalized spacial score (nSPS) is 15.4. The molecule has 0 atom stereocenters. The SMILES string of the molecule is COc1ccc2oc(C)c(C(=O)N3CCN(S(=O)(=O)c4ccc(F)c(Cl)c4)CC3)c2c1. The average molecular weight is 467 g/mol. The summed E-state index contributed by atoms with van der Waals surface area (Å²) in [7, 11) is -2.30. The summed E-state index contributed by atoms with van der Waals surface area (Å²) >= 11 is 5.74. The van der Waals surface area contributed by atoms with Crippen molar-refractivity contribution in [3.05, 3.63) is 58.6 Å². The highest BCUT2D eigenvalue weighted by atomic mass is 35.5. The first-order chi connectivity index (χ1) is 14.7. The van der Waals surface area contributed by atoms with Crippen molar-refractivity contribution in [1.29, 1.82) is 0 Å². The van der Waals surface area contributed by atoms with E-state index in [1.54, 1.807) is 37.1 Å². The van der Waals surface area contributed by atoms with Crippen LogP contribution < -0.4 is 4.74 Å². The average Bonchev–Trinajstić information content (AvgIpc) is 3.09. The standard InChI is InChI=1S/C21H20ClFN2O5S/c1-13-20(16-11-14(29-2)3-6-19(16)30-13)21(26)24-7-9-25(10-8-24)31(27,28)15-4-5-18(23)17(22)12-15/h3-6,11-12H,7-10H2,1-2H3. The number of rotatable bonds is 4. The lowest BCUT2D eigenvalue weighted by Crippen LogP contribution is -2.50. The van der Waals surface area contributed by atoms with Crippen molar-refractivity contribution < 1.29 is 26.8 Å². The van der Waals surface area contributed by atoms with Crippen molar-refractivity contribution in [3.8, 4) is 5.75 Å². The first-order valence-electron chi connectivity index (χ1n) is 9.54. The summed E-state index contributed by atoms with van der Waals surface area (Å²) < 4.78 is 51.4. The molecule has 1 amide bonds. The molecule has 1 aliphatic heterocycles. The molecule has 3 aromatic rings. The highest BCUT2D eigenvalue weighted by Gasteiger charge is 2.32. The number of fused-ring (bicyclic) bond motifs is 1. The zero-order valence-electron chi connectivity index (χ0n) is 16.9. The molecule has 1 fully saturated rings. The molecule has 0 saturated carbocycles. The number of amides is 1. The third-order valence-corrected chi connectivity index (χ3v) is 7.52. The highest BCUT2D eigenvalue weighted by Crippen LogP contribution is 2.30. The van der Waals surface area contributed by atoms with Crippen molar-refractivity contribution in [2.45, 2.75) is 11.8 Å². The summed E-state index contributed by atoms with van der Waals surface area (Å²) in [6.45, 7) is 2.37. The molecular formula is C21H20ClFN2O5S. The van der Waals surface area contributed by atoms with Gasteiger partial charge in [0.25, 0.3) is 5.91 Å². The Kier molecular flexibility index (Phi) is 5.67. The number of furan rings is 1. The molecule has 4 rings (SSSR count). The molecule has 10 heteroatoms. The molecule has 0 aliphatic carbocycles. The molecule has 1 aromatic heterocycles. The van der Waals surface area contributed by atoms with E-state index in [9.17, 15) is 17.6 Å². The minimum atomic E-state index is -3.85. The van der Waals surface area contributed by atoms with Crippen LogP contribution in [0.15, 0.2) is 45.7 Å². The summed E-state index contributed by atoms with van der Waals surface area (Å²) in [5.74, 6) is 0.183. The van der Waals surface area contributed by atoms with Crippen LogP contribution in [-0.2, 0) is 10.0 Å². The summed E-state index contributed by atoms with van der Waals surface area (Å²) in [6.07, 6.45) is 0. The Morgan fingerprint density at radius 1 is 1.13 bits per heavy atom. The summed E-state index contributed by atoms with van der Waals surface area (Å²) in [5.41, 5.74) is 1.02. The number of benzene rings is 2. The van der Waals surface area contributed by atoms with Gasteiger partial charge >= 0.3 is 0 Å². The van der Waals surface area contributed by atoms with Crippen LogP contribution in [0.1, 0.15) is 16.1 Å². The molecule has 1 saturated heterocycles. The van der Waals surface area contributed by atoms with Gasteiger partial charge in [0.15, 0.2) is 0 Å². The van der Waals surface area contributed by atoms with E-state index in [1.807, 2.05) is 0 Å². The maximum atomic E-state index is 13.4. The molecule has 2 heterocycles. The van der Waals surface area contributed by atoms with Crippen LogP contribution in [0, 0.1) is 12.7 Å². The number of carbonyl (C=O) groups excluding carboxylic acids is 1. The Morgan fingerprint density at radius 3 is 2.48 bits per heavy atom. The van der Waals surface area contributed by atoms with Gasteiger partial charge in [0.2, 0.25) is 10.0 Å². The second kappa shape index (κ2) is 8.14. The molecular weight excluding hydrogens is 447 g/mol. The van der Waals surface area contributed by atoms with Crippen LogP contribution in [-0.4, -0.2) is 56.8 Å². The van der Waals surface area contributed by atoms with Crippen molar-refractivity contribution in [2.75, 3.05) is 33.3 Å². The first kappa shape index (κ1) is 21.6. The minimum absolute atomic E-state index is 0.0811. The van der Waals surface area contributed by atoms with Crippen molar-refractivity contribution in [3.63, 3.8) is 0 Å². The maximum Gasteiger partial charge on any atom is 0.258 e. The van der Waals surface area contributed by atoms with Crippen molar-refractivity contribution in [2.24, 2.45) is 0 Å². The second-order valence-corrected chi connectivity index (χ2v) is 9.51. The van der Waals surface area contributed by atoms with Gasteiger partial charge in [-0.1, -0.05) is 11.6 Å². The van der Waals surface area contributed by atoms with Gasteiger partial charge in [-0.3, -0.25) is 4.79 Å². The van der Waals surface area contributed by atoms with Gasteiger partial charge in [-0.25, -0.2) is 12.8 Å². The van der Waals surface area contributed by atoms with Gasteiger partial charge in [-0.05, 0) is 43.3 Å². The number of sulfonamides is 1. The fraction of sp³-hybridized carbons (Fsp3) is 0.286. The van der Waals surface area contributed by atoms with E-state index >= 15 is 0 Å². The lowest BCUT2D eigenvalue weighted by molar-refractivity contribution is 0.0698. The number of ether oxygens (including phenoxy) is 1. The van der Waals surface area contributed by atoms with Gasteiger partial charge < -0.3 is 14.1 Å². The lowest BCUT2D eigenvalue weighted by Gasteiger charge is -2.34. The maximum absolute atomic E-state index is 13.4. The topological polar surface area (TPSA) is 80.1 Å². The smallest absolute Gasteiger partial charge is 0.258 e. The van der Waals surface area contributed by atoms with Gasteiger partial charge in [-0.2, -0.15) is 4.31 Å². The first-order valence-corrected chi connectivity index (χ1v) is 11.4. The van der Waals surface area contributed by atoms with Gasteiger partial charge in [0.05, 0.1) is 22.6 Å². The number of methoxy groups -OCH3 is 1. The van der Waals surface area contributed by atoms with Crippen LogP contribution >= 0.6 is 11.6 Å². The Bertz CT molecular complexity index is 1270. The van der Waals surface area contributed by atoms with E-state index in [-0.39, 0.29) is 42.0 Å². The molecule has 0 radical (unpaired) electrons. The molecule has 2 aromatic carbocycles. The summed E-state index contributed by atoms with van der Waals surface area (Å²) in [6, 6.07) is 8.55. The Morgan fingerprint density at radius 2 is 1.84 bits per heavy atom. The summed E-state index contributed by atoms with van der Waals surface area (Å²) in [4.78, 5) is 14.7. The monoisotopic (exact) mass is 466 g/mol. The van der Waals surface area contributed by atoms with Crippen molar-refractivity contribution >= 4 is 38.5 Å². The van der Waals surface area contributed by atoms with E-state index in [0.717, 1.165) is 12.1 Å².